The number of nitrogens with zero attached hydrogens (tertiary/aromatic N) is 2. The molecule has 4 nitrogen and oxygen atoms in total. The van der Waals surface area contributed by atoms with Crippen LogP contribution in [0.5, 0.6) is 0 Å². The van der Waals surface area contributed by atoms with E-state index in [0.717, 1.165) is 16.3 Å². The van der Waals surface area contributed by atoms with E-state index in [0.29, 0.717) is 5.69 Å². The van der Waals surface area contributed by atoms with Crippen molar-refractivity contribution in [3.8, 4) is 0 Å². The highest BCUT2D eigenvalue weighted by Gasteiger charge is 2.43. The van der Waals surface area contributed by atoms with Gasteiger partial charge in [0.15, 0.2) is 0 Å². The summed E-state index contributed by atoms with van der Waals surface area (Å²) in [4.78, 5) is 28.3. The molecule has 0 aliphatic carbocycles. The van der Waals surface area contributed by atoms with Crippen molar-refractivity contribution in [3.05, 3.63) is 78.1 Å². The lowest BCUT2D eigenvalue weighted by atomic mass is 10.0. The van der Waals surface area contributed by atoms with Gasteiger partial charge in [-0.25, -0.2) is 9.18 Å². The summed E-state index contributed by atoms with van der Waals surface area (Å²) in [6, 6.07) is 18.3. The molecule has 3 aromatic rings. The molecule has 1 unspecified atom stereocenters. The predicted molar refractivity (Wildman–Crippen MR) is 98.2 cm³/mol. The molecule has 0 bridgehead atoms. The Morgan fingerprint density at radius 1 is 0.923 bits per heavy atom. The van der Waals surface area contributed by atoms with Crippen LogP contribution < -0.4 is 4.90 Å². The fourth-order valence-electron chi connectivity index (χ4n) is 3.41. The molecule has 3 amide bonds. The first-order chi connectivity index (χ1) is 12.6. The zero-order valence-corrected chi connectivity index (χ0v) is 14.2. The maximum atomic E-state index is 13.2. The summed E-state index contributed by atoms with van der Waals surface area (Å²) in [6.07, 6.45) is 0. The summed E-state index contributed by atoms with van der Waals surface area (Å²) in [5, 5.41) is 2.08. The van der Waals surface area contributed by atoms with E-state index in [1.807, 2.05) is 42.5 Å². The van der Waals surface area contributed by atoms with E-state index in [2.05, 4.69) is 0 Å². The van der Waals surface area contributed by atoms with Gasteiger partial charge in [-0.2, -0.15) is 0 Å². The molecule has 1 fully saturated rings. The normalized spacial score (nSPS) is 17.4. The number of carbonyl (C=O) groups is 2. The van der Waals surface area contributed by atoms with E-state index in [-0.39, 0.29) is 24.3 Å². The number of urea groups is 1. The monoisotopic (exact) mass is 348 g/mol. The molecule has 4 rings (SSSR count). The van der Waals surface area contributed by atoms with Gasteiger partial charge >= 0.3 is 6.03 Å². The number of hydrogen-bond donors (Lipinski definition) is 0. The van der Waals surface area contributed by atoms with Gasteiger partial charge in [0, 0.05) is 5.69 Å². The molecule has 26 heavy (non-hydrogen) atoms. The summed E-state index contributed by atoms with van der Waals surface area (Å²) in [7, 11) is 0. The minimum atomic E-state index is -0.622. The van der Waals surface area contributed by atoms with Crippen molar-refractivity contribution in [2.75, 3.05) is 4.90 Å². The summed E-state index contributed by atoms with van der Waals surface area (Å²) < 4.78 is 13.2. The molecule has 1 aliphatic heterocycles. The zero-order valence-electron chi connectivity index (χ0n) is 14.2. The Kier molecular flexibility index (Phi) is 3.92. The second-order valence-corrected chi connectivity index (χ2v) is 6.37. The highest BCUT2D eigenvalue weighted by atomic mass is 19.1. The van der Waals surface area contributed by atoms with Crippen LogP contribution >= 0.6 is 0 Å². The average Bonchev–Trinajstić information content (AvgIpc) is 2.86. The second kappa shape index (κ2) is 6.26. The fourth-order valence-corrected chi connectivity index (χ4v) is 3.41. The van der Waals surface area contributed by atoms with Crippen LogP contribution in [0.4, 0.5) is 14.9 Å². The van der Waals surface area contributed by atoms with Crippen LogP contribution in [0.25, 0.3) is 10.8 Å². The minimum absolute atomic E-state index is 0.209. The molecule has 0 spiro atoms. The van der Waals surface area contributed by atoms with Gasteiger partial charge in [0.1, 0.15) is 11.9 Å². The number of carbonyl (C=O) groups excluding carboxylic acids is 2. The maximum Gasteiger partial charge on any atom is 0.332 e. The SMILES string of the molecule is CC1C(=O)N(Cc2cccc3ccccc23)C(=O)N1c1ccc(F)cc1. The third kappa shape index (κ3) is 2.62. The van der Waals surface area contributed by atoms with Crippen LogP contribution in [0, 0.1) is 5.82 Å². The molecule has 1 aliphatic rings. The van der Waals surface area contributed by atoms with E-state index in [1.54, 1.807) is 6.92 Å². The Bertz CT molecular complexity index is 995. The number of halogens is 1. The van der Waals surface area contributed by atoms with E-state index < -0.39 is 6.04 Å². The van der Waals surface area contributed by atoms with Crippen LogP contribution in [-0.2, 0) is 11.3 Å². The Morgan fingerprint density at radius 3 is 2.38 bits per heavy atom. The van der Waals surface area contributed by atoms with Crippen molar-refractivity contribution in [2.45, 2.75) is 19.5 Å². The second-order valence-electron chi connectivity index (χ2n) is 6.37. The zero-order chi connectivity index (χ0) is 18.3. The standard InChI is InChI=1S/C21H17FN2O2/c1-14-20(25)23(21(26)24(14)18-11-9-17(22)10-12-18)13-16-7-4-6-15-5-2-3-8-19(15)16/h2-12,14H,13H2,1H3. The molecule has 0 saturated carbocycles. The number of imide groups is 1. The van der Waals surface area contributed by atoms with E-state index in [1.165, 1.54) is 34.1 Å². The number of amides is 3. The summed E-state index contributed by atoms with van der Waals surface area (Å²) in [5.74, 6) is -0.640. The molecular formula is C21H17FN2O2. The van der Waals surface area contributed by atoms with Crippen molar-refractivity contribution in [1.82, 2.24) is 4.90 Å². The molecule has 1 saturated heterocycles. The number of rotatable bonds is 3. The first kappa shape index (κ1) is 16.3. The van der Waals surface area contributed by atoms with Crippen LogP contribution in [0.1, 0.15) is 12.5 Å². The number of fused-ring (bicyclic) bond motifs is 1. The lowest BCUT2D eigenvalue weighted by molar-refractivity contribution is -0.127. The quantitative estimate of drug-likeness (QED) is 0.661. The first-order valence-electron chi connectivity index (χ1n) is 8.43. The topological polar surface area (TPSA) is 40.6 Å². The molecule has 1 heterocycles. The predicted octanol–water partition coefficient (Wildman–Crippen LogP) is 4.34. The Balaban J connectivity index is 1.68. The van der Waals surface area contributed by atoms with Gasteiger partial charge in [0.2, 0.25) is 0 Å². The number of hydrogen-bond acceptors (Lipinski definition) is 2. The third-order valence-electron chi connectivity index (χ3n) is 4.76. The molecule has 0 radical (unpaired) electrons. The molecule has 5 heteroatoms. The molecule has 1 atom stereocenters. The van der Waals surface area contributed by atoms with Crippen LogP contribution in [-0.4, -0.2) is 22.9 Å². The summed E-state index contributed by atoms with van der Waals surface area (Å²) in [5.41, 5.74) is 1.43. The van der Waals surface area contributed by atoms with Gasteiger partial charge in [-0.05, 0) is 47.5 Å². The number of benzene rings is 3. The molecule has 0 N–H and O–H groups in total. The van der Waals surface area contributed by atoms with Crippen molar-refractivity contribution in [2.24, 2.45) is 0 Å². The third-order valence-corrected chi connectivity index (χ3v) is 4.76. The molecular weight excluding hydrogens is 331 g/mol. The smallest absolute Gasteiger partial charge is 0.282 e. The van der Waals surface area contributed by atoms with Gasteiger partial charge in [-0.15, -0.1) is 0 Å². The van der Waals surface area contributed by atoms with Crippen molar-refractivity contribution in [1.29, 1.82) is 0 Å². The first-order valence-corrected chi connectivity index (χ1v) is 8.43. The fraction of sp³-hybridized carbons (Fsp3) is 0.143. The van der Waals surface area contributed by atoms with Crippen molar-refractivity contribution < 1.29 is 14.0 Å². The Hall–Kier alpha value is -3.21. The highest BCUT2D eigenvalue weighted by Crippen LogP contribution is 2.28. The lowest BCUT2D eigenvalue weighted by Gasteiger charge is -2.19. The molecule has 0 aromatic heterocycles. The minimum Gasteiger partial charge on any atom is -0.282 e. The van der Waals surface area contributed by atoms with Crippen LogP contribution in [0.3, 0.4) is 0 Å². The Morgan fingerprint density at radius 2 is 1.62 bits per heavy atom. The van der Waals surface area contributed by atoms with Gasteiger partial charge < -0.3 is 0 Å². The molecule has 130 valence electrons. The maximum absolute atomic E-state index is 13.2. The van der Waals surface area contributed by atoms with Crippen molar-refractivity contribution >= 4 is 28.4 Å². The van der Waals surface area contributed by atoms with Crippen molar-refractivity contribution in [3.63, 3.8) is 0 Å². The van der Waals surface area contributed by atoms with Gasteiger partial charge in [-0.1, -0.05) is 42.5 Å². The van der Waals surface area contributed by atoms with E-state index >= 15 is 0 Å². The summed E-state index contributed by atoms with van der Waals surface area (Å²) >= 11 is 0. The summed E-state index contributed by atoms with van der Waals surface area (Å²) in [6.45, 7) is 1.90. The van der Waals surface area contributed by atoms with Gasteiger partial charge in [0.05, 0.1) is 6.54 Å². The van der Waals surface area contributed by atoms with Crippen LogP contribution in [0.15, 0.2) is 66.7 Å². The van der Waals surface area contributed by atoms with Gasteiger partial charge in [0.25, 0.3) is 5.91 Å². The number of anilines is 1. The average molecular weight is 348 g/mol. The largest absolute Gasteiger partial charge is 0.332 e. The Labute approximate surface area is 150 Å². The van der Waals surface area contributed by atoms with E-state index in [4.69, 9.17) is 0 Å². The van der Waals surface area contributed by atoms with E-state index in [9.17, 15) is 14.0 Å². The lowest BCUT2D eigenvalue weighted by Crippen LogP contribution is -2.33. The highest BCUT2D eigenvalue weighted by molar-refractivity contribution is 6.14. The van der Waals surface area contributed by atoms with Gasteiger partial charge in [-0.3, -0.25) is 14.6 Å². The van der Waals surface area contributed by atoms with Crippen LogP contribution in [0.2, 0.25) is 0 Å². The molecule has 3 aromatic carbocycles.